The molecule has 0 spiro atoms. The van der Waals surface area contributed by atoms with Crippen molar-refractivity contribution in [1.82, 2.24) is 0 Å². The van der Waals surface area contributed by atoms with E-state index in [1.807, 2.05) is 30.3 Å². The van der Waals surface area contributed by atoms with Gasteiger partial charge in [-0.15, -0.1) is 0 Å². The molecule has 0 amide bonds. The van der Waals surface area contributed by atoms with Crippen molar-refractivity contribution in [3.8, 4) is 11.5 Å². The minimum absolute atomic E-state index is 0.112. The molecule has 0 saturated heterocycles. The Morgan fingerprint density at radius 3 is 1.89 bits per heavy atom. The number of guanidine groups is 1. The largest absolute Gasteiger partial charge is 0.490 e. The van der Waals surface area contributed by atoms with Gasteiger partial charge in [0.25, 0.3) is 0 Å². The Bertz CT molecular complexity index is 986. The van der Waals surface area contributed by atoms with Crippen molar-refractivity contribution in [2.45, 2.75) is 65.7 Å². The summed E-state index contributed by atoms with van der Waals surface area (Å²) in [6, 6.07) is 13.9. The number of carboxylic acids is 2. The Balaban J connectivity index is 0.000000960. The molecule has 0 unspecified atom stereocenters. The summed E-state index contributed by atoms with van der Waals surface area (Å²) in [4.78, 5) is 22.7. The number of unbranched alkanes of at least 4 members (excludes halogenated alkanes) is 2. The Kier molecular flexibility index (Phi) is 12.9. The van der Waals surface area contributed by atoms with Gasteiger partial charge in [-0.3, -0.25) is 0 Å². The lowest BCUT2D eigenvalue weighted by Crippen LogP contribution is -2.22. The first-order valence-corrected chi connectivity index (χ1v) is 12.1. The number of hydrogen-bond donors (Lipinski definition) is 4. The fraction of sp³-hybridized carbons (Fsp3) is 0.444. The lowest BCUT2D eigenvalue weighted by molar-refractivity contribution is -0.159. The van der Waals surface area contributed by atoms with E-state index in [4.69, 9.17) is 35.0 Å². The zero-order chi connectivity index (χ0) is 27.1. The number of hydrogen-bond acceptors (Lipinski definition) is 5. The van der Waals surface area contributed by atoms with Crippen molar-refractivity contribution < 1.29 is 29.3 Å². The first-order chi connectivity index (χ1) is 17.0. The minimum Gasteiger partial charge on any atom is -0.490 e. The SMILES string of the molecule is CCCCOc1ccc(NC(N)=Nc2ccc(C(C)(C)C)cc2)cc1OCCCC.O=C(O)C(=O)O. The Morgan fingerprint density at radius 1 is 0.889 bits per heavy atom. The Hall–Kier alpha value is -3.75. The molecular formula is C27H39N3O6. The van der Waals surface area contributed by atoms with Crippen LogP contribution in [-0.4, -0.2) is 41.3 Å². The van der Waals surface area contributed by atoms with Crippen molar-refractivity contribution in [3.63, 3.8) is 0 Å². The normalized spacial score (nSPS) is 11.2. The van der Waals surface area contributed by atoms with Crippen LogP contribution in [0.25, 0.3) is 0 Å². The molecule has 198 valence electrons. The highest BCUT2D eigenvalue weighted by atomic mass is 16.5. The van der Waals surface area contributed by atoms with Crippen molar-refractivity contribution in [2.24, 2.45) is 10.7 Å². The van der Waals surface area contributed by atoms with Gasteiger partial charge in [-0.1, -0.05) is 59.6 Å². The number of anilines is 1. The van der Waals surface area contributed by atoms with E-state index in [9.17, 15) is 0 Å². The van der Waals surface area contributed by atoms with Gasteiger partial charge in [-0.05, 0) is 48.1 Å². The number of nitrogens with zero attached hydrogens (tertiary/aromatic N) is 1. The third-order valence-electron chi connectivity index (χ3n) is 4.89. The van der Waals surface area contributed by atoms with Gasteiger partial charge >= 0.3 is 11.9 Å². The van der Waals surface area contributed by atoms with Crippen LogP contribution in [0.5, 0.6) is 11.5 Å². The van der Waals surface area contributed by atoms with Crippen molar-refractivity contribution >= 4 is 29.3 Å². The molecule has 0 aliphatic heterocycles. The van der Waals surface area contributed by atoms with Gasteiger partial charge in [0.1, 0.15) is 0 Å². The molecule has 5 N–H and O–H groups in total. The van der Waals surface area contributed by atoms with Crippen LogP contribution in [0.15, 0.2) is 47.5 Å². The highest BCUT2D eigenvalue weighted by molar-refractivity contribution is 6.27. The van der Waals surface area contributed by atoms with E-state index in [1.165, 1.54) is 5.56 Å². The number of nitrogens with one attached hydrogen (secondary N) is 1. The van der Waals surface area contributed by atoms with E-state index in [1.54, 1.807) is 0 Å². The molecule has 0 heterocycles. The molecule has 0 bridgehead atoms. The molecule has 9 nitrogen and oxygen atoms in total. The number of aliphatic imine (C=N–C) groups is 1. The topological polar surface area (TPSA) is 143 Å². The van der Waals surface area contributed by atoms with Gasteiger partial charge in [-0.2, -0.15) is 0 Å². The third kappa shape index (κ3) is 11.6. The number of carbonyl (C=O) groups is 2. The molecule has 0 aromatic heterocycles. The van der Waals surface area contributed by atoms with Crippen molar-refractivity contribution in [3.05, 3.63) is 48.0 Å². The van der Waals surface area contributed by atoms with Gasteiger partial charge in [0.15, 0.2) is 17.5 Å². The molecule has 2 rings (SSSR count). The molecule has 9 heteroatoms. The number of aliphatic carboxylic acids is 2. The zero-order valence-corrected chi connectivity index (χ0v) is 21.8. The second kappa shape index (κ2) is 15.3. The molecule has 0 atom stereocenters. The molecule has 2 aromatic carbocycles. The van der Waals surface area contributed by atoms with Crippen LogP contribution in [0.3, 0.4) is 0 Å². The van der Waals surface area contributed by atoms with Gasteiger partial charge in [0.2, 0.25) is 0 Å². The highest BCUT2D eigenvalue weighted by Gasteiger charge is 2.13. The summed E-state index contributed by atoms with van der Waals surface area (Å²) in [6.45, 7) is 12.2. The standard InChI is InChI=1S/C25H37N3O2.C2H2O4/c1-6-8-16-29-22-15-14-21(18-23(22)30-17-9-7-2)28-24(26)27-20-12-10-19(11-13-20)25(3,4)5;3-1(4)2(5)6/h10-15,18H,6-9,16-17H2,1-5H3,(H3,26,27,28);(H,3,4)(H,5,6). The summed E-state index contributed by atoms with van der Waals surface area (Å²) in [7, 11) is 0. The molecule has 0 aliphatic carbocycles. The zero-order valence-electron chi connectivity index (χ0n) is 21.8. The van der Waals surface area contributed by atoms with Crippen LogP contribution in [0.2, 0.25) is 0 Å². The first-order valence-electron chi connectivity index (χ1n) is 12.1. The van der Waals surface area contributed by atoms with Gasteiger partial charge in [0.05, 0.1) is 18.9 Å². The molecule has 0 aliphatic rings. The van der Waals surface area contributed by atoms with Crippen LogP contribution in [-0.2, 0) is 15.0 Å². The summed E-state index contributed by atoms with van der Waals surface area (Å²) in [5, 5.41) is 17.9. The molecule has 2 aromatic rings. The van der Waals surface area contributed by atoms with E-state index >= 15 is 0 Å². The fourth-order valence-electron chi connectivity index (χ4n) is 2.82. The molecule has 0 radical (unpaired) electrons. The monoisotopic (exact) mass is 501 g/mol. The second-order valence-corrected chi connectivity index (χ2v) is 9.09. The molecule has 36 heavy (non-hydrogen) atoms. The quantitative estimate of drug-likeness (QED) is 0.143. The summed E-state index contributed by atoms with van der Waals surface area (Å²) in [6.07, 6.45) is 4.19. The maximum atomic E-state index is 9.10. The molecular weight excluding hydrogens is 462 g/mol. The minimum atomic E-state index is -1.82. The van der Waals surface area contributed by atoms with Crippen LogP contribution in [0, 0.1) is 0 Å². The number of benzene rings is 2. The fourth-order valence-corrected chi connectivity index (χ4v) is 2.82. The summed E-state index contributed by atoms with van der Waals surface area (Å²) in [5.74, 6) is -1.83. The van der Waals surface area contributed by atoms with E-state index in [-0.39, 0.29) is 5.41 Å². The predicted octanol–water partition coefficient (Wildman–Crippen LogP) is 5.56. The van der Waals surface area contributed by atoms with E-state index in [2.05, 4.69) is 57.1 Å². The number of ether oxygens (including phenoxy) is 2. The smallest absolute Gasteiger partial charge is 0.414 e. The van der Waals surface area contributed by atoms with E-state index in [0.29, 0.717) is 19.2 Å². The van der Waals surface area contributed by atoms with E-state index in [0.717, 1.165) is 48.6 Å². The third-order valence-corrected chi connectivity index (χ3v) is 4.89. The molecule has 0 saturated carbocycles. The van der Waals surface area contributed by atoms with Crippen molar-refractivity contribution in [1.29, 1.82) is 0 Å². The van der Waals surface area contributed by atoms with Crippen molar-refractivity contribution in [2.75, 3.05) is 18.5 Å². The van der Waals surface area contributed by atoms with Crippen LogP contribution >= 0.6 is 0 Å². The lowest BCUT2D eigenvalue weighted by Gasteiger charge is -2.18. The first kappa shape index (κ1) is 30.3. The second-order valence-electron chi connectivity index (χ2n) is 9.09. The van der Waals surface area contributed by atoms with Gasteiger partial charge < -0.3 is 30.7 Å². The van der Waals surface area contributed by atoms with Gasteiger partial charge in [-0.25, -0.2) is 14.6 Å². The average Bonchev–Trinajstić information content (AvgIpc) is 2.80. The summed E-state index contributed by atoms with van der Waals surface area (Å²) < 4.78 is 11.8. The lowest BCUT2D eigenvalue weighted by atomic mass is 9.87. The number of carboxylic acid groups (broad SMARTS) is 2. The maximum absolute atomic E-state index is 9.10. The van der Waals surface area contributed by atoms with Crippen LogP contribution in [0.4, 0.5) is 11.4 Å². The van der Waals surface area contributed by atoms with E-state index < -0.39 is 11.9 Å². The maximum Gasteiger partial charge on any atom is 0.414 e. The predicted molar refractivity (Wildman–Crippen MR) is 143 cm³/mol. The number of nitrogens with two attached hydrogens (primary N) is 1. The molecule has 0 fully saturated rings. The Morgan fingerprint density at radius 2 is 1.42 bits per heavy atom. The summed E-state index contributed by atoms with van der Waals surface area (Å²) in [5.41, 5.74) is 9.14. The highest BCUT2D eigenvalue weighted by Crippen LogP contribution is 2.31. The summed E-state index contributed by atoms with van der Waals surface area (Å²) >= 11 is 0. The number of rotatable bonds is 10. The van der Waals surface area contributed by atoms with Crippen LogP contribution < -0.4 is 20.5 Å². The Labute approximate surface area is 213 Å². The van der Waals surface area contributed by atoms with Crippen LogP contribution in [0.1, 0.15) is 65.9 Å². The van der Waals surface area contributed by atoms with Gasteiger partial charge in [0, 0.05) is 11.8 Å². The average molecular weight is 502 g/mol.